The van der Waals surface area contributed by atoms with Crippen LogP contribution in [-0.4, -0.2) is 27.5 Å². The van der Waals surface area contributed by atoms with Crippen molar-refractivity contribution in [1.82, 2.24) is 15.0 Å². The highest BCUT2D eigenvalue weighted by atomic mass is 32.1. The van der Waals surface area contributed by atoms with Crippen molar-refractivity contribution in [3.05, 3.63) is 66.6 Å². The molecule has 0 atom stereocenters. The third-order valence-electron chi connectivity index (χ3n) is 4.01. The molecule has 0 bridgehead atoms. The predicted molar refractivity (Wildman–Crippen MR) is 106 cm³/mol. The van der Waals surface area contributed by atoms with Gasteiger partial charge in [0.25, 0.3) is 5.91 Å². The summed E-state index contributed by atoms with van der Waals surface area (Å²) in [6.45, 7) is 1.88. The van der Waals surface area contributed by atoms with Crippen molar-refractivity contribution in [3.8, 4) is 16.3 Å². The number of carbonyl (C=O) groups is 1. The van der Waals surface area contributed by atoms with Gasteiger partial charge in [0.05, 0.1) is 6.20 Å². The second kappa shape index (κ2) is 7.51. The predicted octanol–water partition coefficient (Wildman–Crippen LogP) is 4.08. The Morgan fingerprint density at radius 2 is 2.04 bits per heavy atom. The first-order valence-electron chi connectivity index (χ1n) is 8.35. The van der Waals surface area contributed by atoms with E-state index in [1.807, 2.05) is 37.3 Å². The number of hydrogen-bond donors (Lipinski definition) is 1. The Bertz CT molecular complexity index is 1060. The molecule has 134 valence electrons. The van der Waals surface area contributed by atoms with Crippen LogP contribution in [0, 0.1) is 6.92 Å². The summed E-state index contributed by atoms with van der Waals surface area (Å²) < 4.78 is 5.44. The van der Waals surface area contributed by atoms with Crippen LogP contribution in [0.5, 0.6) is 5.75 Å². The minimum atomic E-state index is -0.231. The number of rotatable bonds is 5. The number of nitrogens with one attached hydrogen (secondary N) is 1. The van der Waals surface area contributed by atoms with Gasteiger partial charge in [0.2, 0.25) is 0 Å². The zero-order valence-corrected chi connectivity index (χ0v) is 15.4. The van der Waals surface area contributed by atoms with Crippen molar-refractivity contribution in [3.63, 3.8) is 0 Å². The minimum absolute atomic E-state index is 0.0829. The Labute approximate surface area is 159 Å². The molecule has 3 heterocycles. The number of thiazole rings is 1. The third-order valence-corrected chi connectivity index (χ3v) is 5.02. The lowest BCUT2D eigenvalue weighted by atomic mass is 10.1. The first kappa shape index (κ1) is 17.1. The molecule has 1 N–H and O–H groups in total. The van der Waals surface area contributed by atoms with Gasteiger partial charge in [-0.3, -0.25) is 9.78 Å². The molecule has 0 radical (unpaired) electrons. The fourth-order valence-electron chi connectivity index (χ4n) is 2.66. The molecule has 0 aliphatic rings. The Hall–Kier alpha value is -3.32. The third kappa shape index (κ3) is 3.78. The maximum atomic E-state index is 12.2. The van der Waals surface area contributed by atoms with Crippen molar-refractivity contribution in [2.45, 2.75) is 6.92 Å². The number of amides is 1. The van der Waals surface area contributed by atoms with Gasteiger partial charge in [0.15, 0.2) is 6.61 Å². The summed E-state index contributed by atoms with van der Waals surface area (Å²) >= 11 is 1.53. The molecule has 6 nitrogen and oxygen atoms in total. The van der Waals surface area contributed by atoms with Gasteiger partial charge in [0, 0.05) is 23.6 Å². The lowest BCUT2D eigenvalue weighted by Gasteiger charge is -2.11. The molecule has 7 heteroatoms. The number of nitrogens with zero attached hydrogens (tertiary/aromatic N) is 3. The van der Waals surface area contributed by atoms with Crippen LogP contribution in [-0.2, 0) is 4.79 Å². The number of carbonyl (C=O) groups excluding carboxylic acids is 1. The van der Waals surface area contributed by atoms with Crippen LogP contribution in [0.4, 0.5) is 5.69 Å². The van der Waals surface area contributed by atoms with E-state index in [1.165, 1.54) is 11.3 Å². The minimum Gasteiger partial charge on any atom is -0.482 e. The second-order valence-electron chi connectivity index (χ2n) is 5.85. The summed E-state index contributed by atoms with van der Waals surface area (Å²) in [5, 5.41) is 3.78. The number of aromatic nitrogens is 3. The Balaban J connectivity index is 1.52. The number of benzene rings is 1. The molecule has 0 spiro atoms. The van der Waals surface area contributed by atoms with Crippen LogP contribution in [0.1, 0.15) is 5.56 Å². The number of pyridine rings is 2. The highest BCUT2D eigenvalue weighted by molar-refractivity contribution is 7.21. The summed E-state index contributed by atoms with van der Waals surface area (Å²) in [4.78, 5) is 26.1. The zero-order chi connectivity index (χ0) is 18.6. The van der Waals surface area contributed by atoms with Crippen molar-refractivity contribution < 1.29 is 9.53 Å². The standard InChI is InChI=1S/C20H16N4O2S/c1-13-15(19-24-17-8-4-10-22-20(17)27-19)6-2-7-16(13)23-18(25)12-26-14-5-3-9-21-11-14/h2-11H,12H2,1H3,(H,23,25). The van der Waals surface area contributed by atoms with Crippen LogP contribution in [0.25, 0.3) is 20.9 Å². The molecule has 0 aliphatic carbocycles. The van der Waals surface area contributed by atoms with Gasteiger partial charge in [-0.05, 0) is 42.8 Å². The van der Waals surface area contributed by atoms with Gasteiger partial charge in [-0.1, -0.05) is 23.5 Å². The number of ether oxygens (including phenoxy) is 1. The molecule has 0 saturated heterocycles. The second-order valence-corrected chi connectivity index (χ2v) is 6.83. The fraction of sp³-hybridized carbons (Fsp3) is 0.100. The lowest BCUT2D eigenvalue weighted by molar-refractivity contribution is -0.118. The van der Waals surface area contributed by atoms with Crippen LogP contribution in [0.15, 0.2) is 61.1 Å². The molecule has 4 aromatic rings. The average molecular weight is 376 g/mol. The molecule has 4 rings (SSSR count). The van der Waals surface area contributed by atoms with E-state index in [9.17, 15) is 4.79 Å². The van der Waals surface area contributed by atoms with Crippen LogP contribution < -0.4 is 10.1 Å². The van der Waals surface area contributed by atoms with Gasteiger partial charge in [-0.2, -0.15) is 0 Å². The molecular formula is C20H16N4O2S. The normalized spacial score (nSPS) is 10.7. The molecular weight excluding hydrogens is 360 g/mol. The summed E-state index contributed by atoms with van der Waals surface area (Å²) in [5.74, 6) is 0.324. The van der Waals surface area contributed by atoms with Gasteiger partial charge in [0.1, 0.15) is 21.1 Å². The smallest absolute Gasteiger partial charge is 0.262 e. The molecule has 3 aromatic heterocycles. The summed E-state index contributed by atoms with van der Waals surface area (Å²) in [5.41, 5.74) is 3.53. The number of fused-ring (bicyclic) bond motifs is 1. The van der Waals surface area contributed by atoms with Crippen LogP contribution >= 0.6 is 11.3 Å². The molecule has 27 heavy (non-hydrogen) atoms. The molecule has 1 amide bonds. The van der Waals surface area contributed by atoms with E-state index in [4.69, 9.17) is 4.74 Å². The van der Waals surface area contributed by atoms with Gasteiger partial charge >= 0.3 is 0 Å². The molecule has 0 aliphatic heterocycles. The maximum Gasteiger partial charge on any atom is 0.262 e. The maximum absolute atomic E-state index is 12.2. The van der Waals surface area contributed by atoms with E-state index in [0.717, 1.165) is 32.2 Å². The van der Waals surface area contributed by atoms with E-state index in [2.05, 4.69) is 20.3 Å². The SMILES string of the molecule is Cc1c(NC(=O)COc2cccnc2)cccc1-c1nc2cccnc2s1. The van der Waals surface area contributed by atoms with Crippen LogP contribution in [0.2, 0.25) is 0 Å². The van der Waals surface area contributed by atoms with E-state index >= 15 is 0 Å². The van der Waals surface area contributed by atoms with Crippen molar-refractivity contribution in [2.75, 3.05) is 11.9 Å². The van der Waals surface area contributed by atoms with Gasteiger partial charge < -0.3 is 10.1 Å². The van der Waals surface area contributed by atoms with Crippen molar-refractivity contribution in [1.29, 1.82) is 0 Å². The lowest BCUT2D eigenvalue weighted by Crippen LogP contribution is -2.20. The first-order chi connectivity index (χ1) is 13.2. The number of hydrogen-bond acceptors (Lipinski definition) is 6. The first-order valence-corrected chi connectivity index (χ1v) is 9.16. The van der Waals surface area contributed by atoms with E-state index in [0.29, 0.717) is 5.75 Å². The highest BCUT2D eigenvalue weighted by Crippen LogP contribution is 2.33. The monoisotopic (exact) mass is 376 g/mol. The van der Waals surface area contributed by atoms with Crippen molar-refractivity contribution in [2.24, 2.45) is 0 Å². The Kier molecular flexibility index (Phi) is 4.76. The fourth-order valence-corrected chi connectivity index (χ4v) is 3.65. The summed E-state index contributed by atoms with van der Waals surface area (Å²) in [6, 6.07) is 13.1. The molecule has 1 aromatic carbocycles. The molecule has 0 unspecified atom stereocenters. The van der Waals surface area contributed by atoms with E-state index in [1.54, 1.807) is 30.7 Å². The zero-order valence-electron chi connectivity index (χ0n) is 14.5. The average Bonchev–Trinajstić information content (AvgIpc) is 3.13. The van der Waals surface area contributed by atoms with Crippen LogP contribution in [0.3, 0.4) is 0 Å². The molecule has 0 saturated carbocycles. The number of anilines is 1. The Morgan fingerprint density at radius 3 is 2.85 bits per heavy atom. The van der Waals surface area contributed by atoms with E-state index < -0.39 is 0 Å². The van der Waals surface area contributed by atoms with E-state index in [-0.39, 0.29) is 12.5 Å². The van der Waals surface area contributed by atoms with Crippen molar-refractivity contribution >= 4 is 33.3 Å². The topological polar surface area (TPSA) is 77.0 Å². The van der Waals surface area contributed by atoms with Gasteiger partial charge in [-0.25, -0.2) is 9.97 Å². The summed E-state index contributed by atoms with van der Waals surface area (Å²) in [7, 11) is 0. The summed E-state index contributed by atoms with van der Waals surface area (Å²) in [6.07, 6.45) is 4.98. The highest BCUT2D eigenvalue weighted by Gasteiger charge is 2.13. The Morgan fingerprint density at radius 1 is 1.15 bits per heavy atom. The van der Waals surface area contributed by atoms with Gasteiger partial charge in [-0.15, -0.1) is 0 Å². The largest absolute Gasteiger partial charge is 0.482 e. The quantitative estimate of drug-likeness (QED) is 0.568. The molecule has 0 fully saturated rings.